The number of carbonyl (C=O) groups excluding carboxylic acids is 2. The Hall–Kier alpha value is -4.81. The fourth-order valence-electron chi connectivity index (χ4n) is 3.91. The number of nitriles is 1. The maximum atomic E-state index is 13.1. The van der Waals surface area contributed by atoms with Crippen molar-refractivity contribution in [1.29, 1.82) is 5.26 Å². The second kappa shape index (κ2) is 9.09. The van der Waals surface area contributed by atoms with E-state index in [2.05, 4.69) is 21.7 Å². The number of anilines is 1. The van der Waals surface area contributed by atoms with Gasteiger partial charge in [-0.05, 0) is 54.1 Å². The molecule has 9 heteroatoms. The zero-order valence-corrected chi connectivity index (χ0v) is 19.5. The number of hydrogen-bond donors (Lipinski definition) is 2. The molecule has 8 nitrogen and oxygen atoms in total. The Morgan fingerprint density at radius 2 is 1.69 bits per heavy atom. The van der Waals surface area contributed by atoms with Gasteiger partial charge in [0.15, 0.2) is 0 Å². The van der Waals surface area contributed by atoms with Gasteiger partial charge in [-0.15, -0.1) is 0 Å². The van der Waals surface area contributed by atoms with E-state index >= 15 is 0 Å². The number of carbonyl (C=O) groups is 2. The van der Waals surface area contributed by atoms with E-state index in [0.29, 0.717) is 11.3 Å². The van der Waals surface area contributed by atoms with Crippen molar-refractivity contribution in [3.05, 3.63) is 107 Å². The number of amides is 2. The van der Waals surface area contributed by atoms with Crippen molar-refractivity contribution in [2.75, 3.05) is 5.32 Å². The van der Waals surface area contributed by atoms with Crippen molar-refractivity contribution in [3.63, 3.8) is 0 Å². The fraction of sp³-hybridized carbons (Fsp3) is 0.0370. The molecule has 0 saturated heterocycles. The molecule has 1 aliphatic heterocycles. The van der Waals surface area contributed by atoms with Crippen LogP contribution in [0.15, 0.2) is 94.9 Å². The van der Waals surface area contributed by atoms with E-state index in [4.69, 9.17) is 5.26 Å². The summed E-state index contributed by atoms with van der Waals surface area (Å²) in [5.41, 5.74) is 3.29. The number of nitrogens with zero attached hydrogens (tertiary/aromatic N) is 2. The average Bonchev–Trinajstić information content (AvgIpc) is 2.99. The van der Waals surface area contributed by atoms with E-state index in [1.807, 2.05) is 18.2 Å². The summed E-state index contributed by atoms with van der Waals surface area (Å²) in [7, 11) is -3.94. The SMILES string of the molecule is N#Cc1ccc(-c2ccc(CNC(=O)c3ccc4c(c3)NC(=O)c3ccccc3S4(=O)=O)nc2)cc1. The highest BCUT2D eigenvalue weighted by molar-refractivity contribution is 7.91. The van der Waals surface area contributed by atoms with Gasteiger partial charge >= 0.3 is 0 Å². The molecule has 1 aromatic heterocycles. The lowest BCUT2D eigenvalue weighted by atomic mass is 10.1. The molecule has 0 atom stereocenters. The number of sulfone groups is 1. The normalized spacial score (nSPS) is 13.4. The third-order valence-electron chi connectivity index (χ3n) is 5.80. The van der Waals surface area contributed by atoms with E-state index in [0.717, 1.165) is 11.1 Å². The number of nitrogens with one attached hydrogen (secondary N) is 2. The fourth-order valence-corrected chi connectivity index (χ4v) is 5.50. The minimum absolute atomic E-state index is 0.0498. The lowest BCUT2D eigenvalue weighted by Crippen LogP contribution is -2.23. The second-order valence-corrected chi connectivity index (χ2v) is 9.96. The largest absolute Gasteiger partial charge is 0.346 e. The van der Waals surface area contributed by atoms with Crippen LogP contribution in [0.5, 0.6) is 0 Å². The summed E-state index contributed by atoms with van der Waals surface area (Å²) in [5, 5.41) is 14.3. The van der Waals surface area contributed by atoms with Crippen molar-refractivity contribution < 1.29 is 18.0 Å². The molecule has 0 spiro atoms. The number of pyridine rings is 1. The van der Waals surface area contributed by atoms with Crippen LogP contribution in [0, 0.1) is 11.3 Å². The van der Waals surface area contributed by atoms with Crippen LogP contribution >= 0.6 is 0 Å². The van der Waals surface area contributed by atoms with Gasteiger partial charge < -0.3 is 10.6 Å². The Labute approximate surface area is 207 Å². The third kappa shape index (κ3) is 4.21. The van der Waals surface area contributed by atoms with Gasteiger partial charge in [-0.2, -0.15) is 5.26 Å². The van der Waals surface area contributed by atoms with Crippen LogP contribution < -0.4 is 10.6 Å². The van der Waals surface area contributed by atoms with Gasteiger partial charge in [0.2, 0.25) is 9.84 Å². The predicted octanol–water partition coefficient (Wildman–Crippen LogP) is 3.95. The van der Waals surface area contributed by atoms with Crippen LogP contribution in [0.1, 0.15) is 32.0 Å². The monoisotopic (exact) mass is 494 g/mol. The van der Waals surface area contributed by atoms with Crippen molar-refractivity contribution in [2.24, 2.45) is 0 Å². The van der Waals surface area contributed by atoms with E-state index in [9.17, 15) is 18.0 Å². The summed E-state index contributed by atoms with van der Waals surface area (Å²) in [4.78, 5) is 29.6. The van der Waals surface area contributed by atoms with Crippen LogP contribution in [-0.2, 0) is 16.4 Å². The number of fused-ring (bicyclic) bond motifs is 2. The zero-order valence-electron chi connectivity index (χ0n) is 18.7. The lowest BCUT2D eigenvalue weighted by molar-refractivity contribution is 0.0949. The maximum Gasteiger partial charge on any atom is 0.257 e. The standard InChI is InChI=1S/C27H18N4O4S/c28-14-17-5-7-18(8-6-17)20-9-11-21(29-15-20)16-30-26(32)19-10-12-25-23(13-19)31-27(33)22-3-1-2-4-24(22)36(25,34)35/h1-13,15H,16H2,(H,30,32)(H,31,33). The molecule has 176 valence electrons. The summed E-state index contributed by atoms with van der Waals surface area (Å²) >= 11 is 0. The first-order chi connectivity index (χ1) is 17.4. The summed E-state index contributed by atoms with van der Waals surface area (Å²) < 4.78 is 26.2. The van der Waals surface area contributed by atoms with Gasteiger partial charge in [0.1, 0.15) is 0 Å². The first-order valence-electron chi connectivity index (χ1n) is 10.9. The number of benzene rings is 3. The van der Waals surface area contributed by atoms with E-state index in [-0.39, 0.29) is 33.2 Å². The van der Waals surface area contributed by atoms with Crippen LogP contribution in [0.3, 0.4) is 0 Å². The van der Waals surface area contributed by atoms with E-state index < -0.39 is 21.7 Å². The summed E-state index contributed by atoms with van der Waals surface area (Å²) in [6.45, 7) is 0.152. The van der Waals surface area contributed by atoms with Gasteiger partial charge in [-0.1, -0.05) is 30.3 Å². The third-order valence-corrected chi connectivity index (χ3v) is 7.67. The first kappa shape index (κ1) is 23.0. The number of rotatable bonds is 4. The van der Waals surface area contributed by atoms with Crippen molar-refractivity contribution in [3.8, 4) is 17.2 Å². The molecule has 0 unspecified atom stereocenters. The molecule has 2 N–H and O–H groups in total. The summed E-state index contributed by atoms with van der Waals surface area (Å²) in [5.74, 6) is -0.999. The zero-order chi connectivity index (χ0) is 25.3. The van der Waals surface area contributed by atoms with Gasteiger partial charge in [-0.25, -0.2) is 8.42 Å². The smallest absolute Gasteiger partial charge is 0.257 e. The highest BCUT2D eigenvalue weighted by Crippen LogP contribution is 2.34. The van der Waals surface area contributed by atoms with Crippen LogP contribution in [0.4, 0.5) is 5.69 Å². The maximum absolute atomic E-state index is 13.1. The quantitative estimate of drug-likeness (QED) is 0.442. The van der Waals surface area contributed by atoms with Crippen LogP contribution in [-0.4, -0.2) is 25.2 Å². The Kier molecular flexibility index (Phi) is 5.80. The average molecular weight is 495 g/mol. The van der Waals surface area contributed by atoms with Crippen molar-refractivity contribution in [2.45, 2.75) is 16.3 Å². The molecule has 4 aromatic rings. The van der Waals surface area contributed by atoms with Crippen LogP contribution in [0.25, 0.3) is 11.1 Å². The second-order valence-electron chi connectivity index (χ2n) is 8.07. The summed E-state index contributed by atoms with van der Waals surface area (Å²) in [6.07, 6.45) is 1.68. The minimum Gasteiger partial charge on any atom is -0.346 e. The Morgan fingerprint density at radius 3 is 2.42 bits per heavy atom. The highest BCUT2D eigenvalue weighted by atomic mass is 32.2. The molecule has 1 aliphatic rings. The van der Waals surface area contributed by atoms with Gasteiger partial charge in [0.05, 0.1) is 44.9 Å². The van der Waals surface area contributed by atoms with Gasteiger partial charge in [-0.3, -0.25) is 14.6 Å². The Morgan fingerprint density at radius 1 is 0.944 bits per heavy atom. The molecule has 0 saturated carbocycles. The topological polar surface area (TPSA) is 129 Å². The molecular weight excluding hydrogens is 476 g/mol. The molecule has 0 bridgehead atoms. The van der Waals surface area contributed by atoms with Crippen molar-refractivity contribution in [1.82, 2.24) is 10.3 Å². The van der Waals surface area contributed by atoms with Gasteiger partial charge in [0, 0.05) is 17.3 Å². The summed E-state index contributed by atoms with van der Waals surface area (Å²) in [6, 6.07) is 23.0. The number of aromatic nitrogens is 1. The first-order valence-corrected chi connectivity index (χ1v) is 12.4. The molecule has 36 heavy (non-hydrogen) atoms. The molecule has 2 amide bonds. The molecule has 5 rings (SSSR count). The van der Waals surface area contributed by atoms with Crippen molar-refractivity contribution >= 4 is 27.3 Å². The highest BCUT2D eigenvalue weighted by Gasteiger charge is 2.31. The molecule has 3 aromatic carbocycles. The molecular formula is C27H18N4O4S. The Bertz CT molecular complexity index is 1660. The molecule has 0 aliphatic carbocycles. The predicted molar refractivity (Wildman–Crippen MR) is 132 cm³/mol. The molecule has 0 fully saturated rings. The molecule has 2 heterocycles. The Balaban J connectivity index is 1.32. The van der Waals surface area contributed by atoms with Gasteiger partial charge in [0.25, 0.3) is 11.8 Å². The lowest BCUT2D eigenvalue weighted by Gasteiger charge is -2.10. The van der Waals surface area contributed by atoms with E-state index in [1.54, 1.807) is 36.5 Å². The van der Waals surface area contributed by atoms with E-state index in [1.165, 1.54) is 30.3 Å². The van der Waals surface area contributed by atoms with Crippen LogP contribution in [0.2, 0.25) is 0 Å². The minimum atomic E-state index is -3.94. The molecule has 0 radical (unpaired) electrons. The number of hydrogen-bond acceptors (Lipinski definition) is 6.